The number of methoxy groups -OCH3 is 1. The fourth-order valence-electron chi connectivity index (χ4n) is 2.88. The third-order valence-electron chi connectivity index (χ3n) is 4.51. The van der Waals surface area contributed by atoms with Crippen molar-refractivity contribution in [3.05, 3.63) is 100 Å². The minimum Gasteiger partial charge on any atom is -0.488 e. The van der Waals surface area contributed by atoms with Crippen molar-refractivity contribution in [3.8, 4) is 11.8 Å². The minimum absolute atomic E-state index is 0.154. The van der Waals surface area contributed by atoms with E-state index in [1.54, 1.807) is 48.5 Å². The summed E-state index contributed by atoms with van der Waals surface area (Å²) in [5.74, 6) is -0.769. The number of esters is 1. The van der Waals surface area contributed by atoms with Gasteiger partial charge < -0.3 is 14.8 Å². The average molecular weight is 447 g/mol. The van der Waals surface area contributed by atoms with Crippen LogP contribution in [0.3, 0.4) is 0 Å². The van der Waals surface area contributed by atoms with Crippen LogP contribution in [0.15, 0.2) is 78.4 Å². The Morgan fingerprint density at radius 2 is 1.72 bits per heavy atom. The van der Waals surface area contributed by atoms with E-state index in [0.29, 0.717) is 16.3 Å². The van der Waals surface area contributed by atoms with Gasteiger partial charge in [-0.2, -0.15) is 5.26 Å². The van der Waals surface area contributed by atoms with Gasteiger partial charge in [-0.25, -0.2) is 4.79 Å². The Kier molecular flexibility index (Phi) is 7.63. The number of benzene rings is 3. The topological polar surface area (TPSA) is 88.4 Å². The Bertz CT molecular complexity index is 1210. The van der Waals surface area contributed by atoms with Crippen LogP contribution in [0, 0.1) is 11.3 Å². The van der Waals surface area contributed by atoms with Crippen LogP contribution in [0.4, 0.5) is 5.69 Å². The second-order valence-corrected chi connectivity index (χ2v) is 6.99. The van der Waals surface area contributed by atoms with E-state index in [9.17, 15) is 14.9 Å². The van der Waals surface area contributed by atoms with Crippen LogP contribution < -0.4 is 10.1 Å². The highest BCUT2D eigenvalue weighted by molar-refractivity contribution is 6.31. The molecule has 0 aromatic heterocycles. The van der Waals surface area contributed by atoms with Crippen molar-refractivity contribution in [2.24, 2.45) is 0 Å². The first-order valence-electron chi connectivity index (χ1n) is 9.59. The van der Waals surface area contributed by atoms with E-state index < -0.39 is 11.9 Å². The molecule has 0 atom stereocenters. The molecule has 3 aromatic rings. The predicted molar refractivity (Wildman–Crippen MR) is 122 cm³/mol. The Morgan fingerprint density at radius 1 is 1.03 bits per heavy atom. The average Bonchev–Trinajstić information content (AvgIpc) is 2.82. The van der Waals surface area contributed by atoms with Crippen molar-refractivity contribution in [2.75, 3.05) is 12.4 Å². The van der Waals surface area contributed by atoms with Gasteiger partial charge in [-0.05, 0) is 30.3 Å². The third-order valence-corrected chi connectivity index (χ3v) is 4.87. The standard InChI is InChI=1S/C25H19ClN2O4/c1-31-25(30)20-10-4-6-12-22(20)28-24(29)19(15-27)14-17-8-3-7-13-23(17)32-16-18-9-2-5-11-21(18)26/h2-14H,16H2,1H3,(H,28,29). The molecule has 6 nitrogen and oxygen atoms in total. The van der Waals surface area contributed by atoms with E-state index in [-0.39, 0.29) is 23.4 Å². The molecule has 1 N–H and O–H groups in total. The number of carbonyl (C=O) groups excluding carboxylic acids is 2. The lowest BCUT2D eigenvalue weighted by molar-refractivity contribution is -0.112. The molecule has 1 amide bonds. The summed E-state index contributed by atoms with van der Waals surface area (Å²) < 4.78 is 10.6. The lowest BCUT2D eigenvalue weighted by atomic mass is 10.1. The zero-order valence-corrected chi connectivity index (χ0v) is 17.9. The first-order chi connectivity index (χ1) is 15.5. The Balaban J connectivity index is 1.83. The molecule has 0 saturated heterocycles. The predicted octanol–water partition coefficient (Wildman–Crippen LogP) is 5.25. The van der Waals surface area contributed by atoms with Gasteiger partial charge in [0.15, 0.2) is 0 Å². The molecule has 0 fully saturated rings. The molecule has 0 spiro atoms. The van der Waals surface area contributed by atoms with E-state index in [1.165, 1.54) is 19.3 Å². The molecule has 0 heterocycles. The minimum atomic E-state index is -0.662. The van der Waals surface area contributed by atoms with Gasteiger partial charge in [-0.3, -0.25) is 4.79 Å². The summed E-state index contributed by atoms with van der Waals surface area (Å²) in [7, 11) is 1.25. The van der Waals surface area contributed by atoms with Gasteiger partial charge in [0, 0.05) is 16.1 Å². The molecular weight excluding hydrogens is 428 g/mol. The second-order valence-electron chi connectivity index (χ2n) is 6.58. The molecule has 0 radical (unpaired) electrons. The number of amides is 1. The van der Waals surface area contributed by atoms with Crippen LogP contribution in [0.5, 0.6) is 5.75 Å². The molecule has 32 heavy (non-hydrogen) atoms. The summed E-state index contributed by atoms with van der Waals surface area (Å²) in [5, 5.41) is 12.7. The summed E-state index contributed by atoms with van der Waals surface area (Å²) in [6.07, 6.45) is 1.43. The number of rotatable bonds is 7. The summed E-state index contributed by atoms with van der Waals surface area (Å²) in [6, 6.07) is 22.6. The zero-order valence-electron chi connectivity index (χ0n) is 17.2. The van der Waals surface area contributed by atoms with Crippen LogP contribution in [0.1, 0.15) is 21.5 Å². The molecule has 0 saturated carbocycles. The summed E-state index contributed by atoms with van der Waals surface area (Å²) in [6.45, 7) is 0.227. The fourth-order valence-corrected chi connectivity index (χ4v) is 3.07. The summed E-state index contributed by atoms with van der Waals surface area (Å²) >= 11 is 6.18. The molecule has 0 aliphatic rings. The molecule has 0 aliphatic carbocycles. The first kappa shape index (κ1) is 22.6. The second kappa shape index (κ2) is 10.8. The molecule has 3 aromatic carbocycles. The van der Waals surface area contributed by atoms with Crippen molar-refractivity contribution >= 4 is 35.2 Å². The molecule has 7 heteroatoms. The maximum atomic E-state index is 12.7. The highest BCUT2D eigenvalue weighted by Gasteiger charge is 2.16. The van der Waals surface area contributed by atoms with Gasteiger partial charge in [-0.1, -0.05) is 60.1 Å². The number of nitrogens with one attached hydrogen (secondary N) is 1. The maximum absolute atomic E-state index is 12.7. The number of hydrogen-bond donors (Lipinski definition) is 1. The smallest absolute Gasteiger partial charge is 0.339 e. The molecular formula is C25H19ClN2O4. The fraction of sp³-hybridized carbons (Fsp3) is 0.0800. The first-order valence-corrected chi connectivity index (χ1v) is 9.97. The number of para-hydroxylation sites is 2. The number of carbonyl (C=O) groups is 2. The van der Waals surface area contributed by atoms with Crippen LogP contribution in [-0.2, 0) is 16.1 Å². The molecule has 0 bridgehead atoms. The number of ether oxygens (including phenoxy) is 2. The van der Waals surface area contributed by atoms with Crippen molar-refractivity contribution in [1.82, 2.24) is 0 Å². The lowest BCUT2D eigenvalue weighted by Crippen LogP contribution is -2.16. The highest BCUT2D eigenvalue weighted by atomic mass is 35.5. The van der Waals surface area contributed by atoms with Crippen LogP contribution in [-0.4, -0.2) is 19.0 Å². The Labute approximate surface area is 190 Å². The monoisotopic (exact) mass is 446 g/mol. The summed E-state index contributed by atoms with van der Waals surface area (Å²) in [5.41, 5.74) is 1.63. The third kappa shape index (κ3) is 5.54. The highest BCUT2D eigenvalue weighted by Crippen LogP contribution is 2.25. The van der Waals surface area contributed by atoms with E-state index in [2.05, 4.69) is 5.32 Å². The van der Waals surface area contributed by atoms with Gasteiger partial charge in [0.2, 0.25) is 0 Å². The number of nitriles is 1. The normalized spacial score (nSPS) is 10.7. The molecule has 3 rings (SSSR count). The molecule has 0 unspecified atom stereocenters. The number of nitrogens with zero attached hydrogens (tertiary/aromatic N) is 1. The lowest BCUT2D eigenvalue weighted by Gasteiger charge is -2.11. The Morgan fingerprint density at radius 3 is 2.47 bits per heavy atom. The van der Waals surface area contributed by atoms with Crippen molar-refractivity contribution in [2.45, 2.75) is 6.61 Å². The SMILES string of the molecule is COC(=O)c1ccccc1NC(=O)C(C#N)=Cc1ccccc1OCc1ccccc1Cl. The quantitative estimate of drug-likeness (QED) is 0.304. The maximum Gasteiger partial charge on any atom is 0.339 e. The zero-order chi connectivity index (χ0) is 22.9. The van der Waals surface area contributed by atoms with E-state index in [0.717, 1.165) is 5.56 Å². The van der Waals surface area contributed by atoms with Crippen LogP contribution in [0.25, 0.3) is 6.08 Å². The van der Waals surface area contributed by atoms with Crippen molar-refractivity contribution in [3.63, 3.8) is 0 Å². The van der Waals surface area contributed by atoms with E-state index in [4.69, 9.17) is 21.1 Å². The van der Waals surface area contributed by atoms with Gasteiger partial charge in [-0.15, -0.1) is 0 Å². The van der Waals surface area contributed by atoms with Gasteiger partial charge >= 0.3 is 5.97 Å². The van der Waals surface area contributed by atoms with Crippen LogP contribution in [0.2, 0.25) is 5.02 Å². The van der Waals surface area contributed by atoms with Gasteiger partial charge in [0.1, 0.15) is 24.0 Å². The summed E-state index contributed by atoms with van der Waals surface area (Å²) in [4.78, 5) is 24.7. The number of anilines is 1. The van der Waals surface area contributed by atoms with Crippen molar-refractivity contribution < 1.29 is 19.1 Å². The molecule has 0 aliphatic heterocycles. The Hall–Kier alpha value is -4.08. The largest absolute Gasteiger partial charge is 0.488 e. The van der Waals surface area contributed by atoms with Crippen LogP contribution >= 0.6 is 11.6 Å². The van der Waals surface area contributed by atoms with Crippen molar-refractivity contribution in [1.29, 1.82) is 5.26 Å². The van der Waals surface area contributed by atoms with E-state index in [1.807, 2.05) is 24.3 Å². The number of hydrogen-bond acceptors (Lipinski definition) is 5. The van der Waals surface area contributed by atoms with E-state index >= 15 is 0 Å². The number of halogens is 1. The van der Waals surface area contributed by atoms with Gasteiger partial charge in [0.25, 0.3) is 5.91 Å². The molecule has 160 valence electrons. The van der Waals surface area contributed by atoms with Gasteiger partial charge in [0.05, 0.1) is 18.4 Å².